The van der Waals surface area contributed by atoms with Crippen molar-refractivity contribution in [1.29, 1.82) is 0 Å². The highest BCUT2D eigenvalue weighted by Crippen LogP contribution is 2.18. The highest BCUT2D eigenvalue weighted by atomic mass is 16.4. The van der Waals surface area contributed by atoms with Crippen molar-refractivity contribution >= 4 is 17.9 Å². The van der Waals surface area contributed by atoms with Crippen LogP contribution in [0.3, 0.4) is 0 Å². The van der Waals surface area contributed by atoms with Crippen molar-refractivity contribution in [2.24, 2.45) is 17.6 Å². The van der Waals surface area contributed by atoms with Crippen molar-refractivity contribution in [1.82, 2.24) is 9.80 Å². The second-order valence-corrected chi connectivity index (χ2v) is 5.61. The van der Waals surface area contributed by atoms with Gasteiger partial charge in [-0.2, -0.15) is 0 Å². The monoisotopic (exact) mass is 285 g/mol. The minimum atomic E-state index is -1.02. The van der Waals surface area contributed by atoms with Gasteiger partial charge in [-0.1, -0.05) is 13.8 Å². The summed E-state index contributed by atoms with van der Waals surface area (Å²) in [5.74, 6) is -1.34. The van der Waals surface area contributed by atoms with Gasteiger partial charge in [-0.3, -0.25) is 9.59 Å². The van der Waals surface area contributed by atoms with E-state index in [1.54, 1.807) is 4.90 Å². The number of rotatable bonds is 5. The third kappa shape index (κ3) is 4.71. The number of hydrogen-bond donors (Lipinski definition) is 2. The summed E-state index contributed by atoms with van der Waals surface area (Å²) < 4.78 is 0. The second kappa shape index (κ2) is 7.12. The SMILES string of the molecule is CC(C)CN(CC(=O)O)C(=O)N1CCC(C(N)=O)CC1. The molecule has 0 atom stereocenters. The summed E-state index contributed by atoms with van der Waals surface area (Å²) in [6, 6.07) is -0.274. The number of carboxylic acid groups (broad SMARTS) is 1. The van der Waals surface area contributed by atoms with E-state index in [-0.39, 0.29) is 30.3 Å². The van der Waals surface area contributed by atoms with Gasteiger partial charge in [0.15, 0.2) is 0 Å². The van der Waals surface area contributed by atoms with Crippen LogP contribution in [0.5, 0.6) is 0 Å². The van der Waals surface area contributed by atoms with Gasteiger partial charge in [-0.15, -0.1) is 0 Å². The number of nitrogens with two attached hydrogens (primary N) is 1. The predicted octanol–water partition coefficient (Wildman–Crippen LogP) is 0.346. The van der Waals surface area contributed by atoms with Crippen LogP contribution in [-0.2, 0) is 9.59 Å². The molecule has 20 heavy (non-hydrogen) atoms. The number of primary amides is 1. The van der Waals surface area contributed by atoms with Crippen molar-refractivity contribution in [3.8, 4) is 0 Å². The largest absolute Gasteiger partial charge is 0.480 e. The van der Waals surface area contributed by atoms with Crippen molar-refractivity contribution in [2.45, 2.75) is 26.7 Å². The minimum Gasteiger partial charge on any atom is -0.480 e. The molecule has 0 aliphatic carbocycles. The molecule has 0 aromatic heterocycles. The Balaban J connectivity index is 2.61. The zero-order valence-electron chi connectivity index (χ0n) is 12.0. The lowest BCUT2D eigenvalue weighted by Gasteiger charge is -2.35. The molecule has 3 amide bonds. The third-order valence-electron chi connectivity index (χ3n) is 3.35. The molecule has 0 bridgehead atoms. The van der Waals surface area contributed by atoms with Crippen molar-refractivity contribution in [2.75, 3.05) is 26.2 Å². The lowest BCUT2D eigenvalue weighted by Crippen LogP contribution is -2.50. The Labute approximate surface area is 118 Å². The number of urea groups is 1. The summed E-state index contributed by atoms with van der Waals surface area (Å²) in [6.45, 7) is 4.86. The van der Waals surface area contributed by atoms with E-state index in [0.717, 1.165) is 0 Å². The first kappa shape index (κ1) is 16.3. The Morgan fingerprint density at radius 1 is 1.30 bits per heavy atom. The standard InChI is InChI=1S/C13H23N3O4/c1-9(2)7-16(8-11(17)18)13(20)15-5-3-10(4-6-15)12(14)19/h9-10H,3-8H2,1-2H3,(H2,14,19)(H,17,18). The van der Waals surface area contributed by atoms with Gasteiger partial charge in [0.2, 0.25) is 5.91 Å². The van der Waals surface area contributed by atoms with Crippen LogP contribution in [0.4, 0.5) is 4.79 Å². The first-order valence-corrected chi connectivity index (χ1v) is 6.86. The molecule has 1 saturated heterocycles. The molecule has 0 unspecified atom stereocenters. The van der Waals surface area contributed by atoms with E-state index in [2.05, 4.69) is 0 Å². The van der Waals surface area contributed by atoms with Crippen molar-refractivity contribution in [3.05, 3.63) is 0 Å². The van der Waals surface area contributed by atoms with Crippen LogP contribution in [0.25, 0.3) is 0 Å². The Morgan fingerprint density at radius 2 is 1.85 bits per heavy atom. The average molecular weight is 285 g/mol. The summed E-state index contributed by atoms with van der Waals surface area (Å²) in [4.78, 5) is 37.2. The molecule has 114 valence electrons. The minimum absolute atomic E-state index is 0.183. The molecule has 0 saturated carbocycles. The lowest BCUT2D eigenvalue weighted by atomic mass is 9.96. The number of piperidine rings is 1. The molecule has 7 heteroatoms. The van der Waals surface area contributed by atoms with Crippen molar-refractivity contribution < 1.29 is 19.5 Å². The molecular formula is C13H23N3O4. The van der Waals surface area contributed by atoms with Gasteiger partial charge in [0.05, 0.1) is 0 Å². The van der Waals surface area contributed by atoms with E-state index in [4.69, 9.17) is 10.8 Å². The molecule has 0 radical (unpaired) electrons. The van der Waals surface area contributed by atoms with E-state index in [1.807, 2.05) is 13.8 Å². The summed E-state index contributed by atoms with van der Waals surface area (Å²) in [6.07, 6.45) is 1.09. The molecule has 3 N–H and O–H groups in total. The highest BCUT2D eigenvalue weighted by molar-refractivity contribution is 5.81. The fourth-order valence-electron chi connectivity index (χ4n) is 2.37. The first-order valence-electron chi connectivity index (χ1n) is 6.86. The Bertz CT molecular complexity index is 376. The van der Waals surface area contributed by atoms with Crippen molar-refractivity contribution in [3.63, 3.8) is 0 Å². The molecule has 0 aromatic carbocycles. The van der Waals surface area contributed by atoms with E-state index in [0.29, 0.717) is 32.5 Å². The predicted molar refractivity (Wildman–Crippen MR) is 72.9 cm³/mol. The maximum absolute atomic E-state index is 12.3. The van der Waals surface area contributed by atoms with Crippen LogP contribution in [0, 0.1) is 11.8 Å². The van der Waals surface area contributed by atoms with Gasteiger partial charge in [0.1, 0.15) is 6.54 Å². The van der Waals surface area contributed by atoms with Gasteiger partial charge in [-0.05, 0) is 18.8 Å². The average Bonchev–Trinajstić information content (AvgIpc) is 2.36. The first-order chi connectivity index (χ1) is 9.31. The number of aliphatic carboxylic acids is 1. The molecular weight excluding hydrogens is 262 g/mol. The number of hydrogen-bond acceptors (Lipinski definition) is 3. The second-order valence-electron chi connectivity index (χ2n) is 5.61. The van der Waals surface area contributed by atoms with Gasteiger partial charge >= 0.3 is 12.0 Å². The van der Waals surface area contributed by atoms with Crippen LogP contribution in [-0.4, -0.2) is 59.0 Å². The normalized spacial score (nSPS) is 16.2. The molecule has 1 aliphatic rings. The van der Waals surface area contributed by atoms with Gasteiger partial charge < -0.3 is 20.6 Å². The molecule has 1 rings (SSSR count). The molecule has 0 aromatic rings. The van der Waals surface area contributed by atoms with Crippen LogP contribution in [0.1, 0.15) is 26.7 Å². The topological polar surface area (TPSA) is 104 Å². The number of amides is 3. The summed E-state index contributed by atoms with van der Waals surface area (Å²) in [5, 5.41) is 8.89. The zero-order valence-corrected chi connectivity index (χ0v) is 12.0. The molecule has 0 spiro atoms. The zero-order chi connectivity index (χ0) is 15.3. The number of carboxylic acids is 1. The highest BCUT2D eigenvalue weighted by Gasteiger charge is 2.29. The number of carbonyl (C=O) groups excluding carboxylic acids is 2. The third-order valence-corrected chi connectivity index (χ3v) is 3.35. The maximum Gasteiger partial charge on any atom is 0.323 e. The van der Waals surface area contributed by atoms with E-state index < -0.39 is 5.97 Å². The summed E-state index contributed by atoms with van der Waals surface area (Å²) in [5.41, 5.74) is 5.25. The van der Waals surface area contributed by atoms with E-state index in [1.165, 1.54) is 4.90 Å². The molecule has 7 nitrogen and oxygen atoms in total. The quantitative estimate of drug-likeness (QED) is 0.760. The molecule has 1 fully saturated rings. The molecule has 1 aliphatic heterocycles. The van der Waals surface area contributed by atoms with E-state index in [9.17, 15) is 14.4 Å². The van der Waals surface area contributed by atoms with E-state index >= 15 is 0 Å². The smallest absolute Gasteiger partial charge is 0.323 e. The van der Waals surface area contributed by atoms with Crippen LogP contribution < -0.4 is 5.73 Å². The maximum atomic E-state index is 12.3. The van der Waals surface area contributed by atoms with Gasteiger partial charge in [-0.25, -0.2) is 4.79 Å². The Kier molecular flexibility index (Phi) is 5.79. The van der Waals surface area contributed by atoms with Crippen LogP contribution >= 0.6 is 0 Å². The molecule has 1 heterocycles. The van der Waals surface area contributed by atoms with Crippen LogP contribution in [0.2, 0.25) is 0 Å². The number of carbonyl (C=O) groups is 3. The Morgan fingerprint density at radius 3 is 2.25 bits per heavy atom. The fourth-order valence-corrected chi connectivity index (χ4v) is 2.37. The number of nitrogens with zero attached hydrogens (tertiary/aromatic N) is 2. The lowest BCUT2D eigenvalue weighted by molar-refractivity contribution is -0.137. The fraction of sp³-hybridized carbons (Fsp3) is 0.769. The van der Waals surface area contributed by atoms with Gasteiger partial charge in [0, 0.05) is 25.6 Å². The van der Waals surface area contributed by atoms with Crippen LogP contribution in [0.15, 0.2) is 0 Å². The Hall–Kier alpha value is -1.79. The number of likely N-dealkylation sites (tertiary alicyclic amines) is 1. The summed E-state index contributed by atoms with van der Waals surface area (Å²) >= 11 is 0. The summed E-state index contributed by atoms with van der Waals surface area (Å²) in [7, 11) is 0. The van der Waals surface area contributed by atoms with Gasteiger partial charge in [0.25, 0.3) is 0 Å².